The summed E-state index contributed by atoms with van der Waals surface area (Å²) in [6.07, 6.45) is 5.41. The largest absolute Gasteiger partial charge is 0.456 e. The normalized spacial score (nSPS) is 15.8. The van der Waals surface area contributed by atoms with Gasteiger partial charge in [0.05, 0.1) is 0 Å². The van der Waals surface area contributed by atoms with Crippen molar-refractivity contribution in [2.75, 3.05) is 4.90 Å². The first-order valence-electron chi connectivity index (χ1n) is 20.1. The van der Waals surface area contributed by atoms with E-state index in [1.165, 1.54) is 72.0 Å². The molecule has 11 rings (SSSR count). The average Bonchev–Trinajstić information content (AvgIpc) is 3.53. The number of hydrogen-bond acceptors (Lipinski definition) is 2. The van der Waals surface area contributed by atoms with Gasteiger partial charge in [0.25, 0.3) is 0 Å². The molecule has 0 saturated heterocycles. The van der Waals surface area contributed by atoms with Crippen LogP contribution in [0.3, 0.4) is 0 Å². The lowest BCUT2D eigenvalue weighted by Crippen LogP contribution is -2.22. The van der Waals surface area contributed by atoms with Crippen molar-refractivity contribution in [3.05, 3.63) is 222 Å². The summed E-state index contributed by atoms with van der Waals surface area (Å²) in [5.41, 5.74) is 17.1. The Morgan fingerprint density at radius 1 is 0.526 bits per heavy atom. The molecule has 8 aromatic rings. The van der Waals surface area contributed by atoms with Crippen molar-refractivity contribution in [3.8, 4) is 39.1 Å². The molecule has 3 aliphatic rings. The molecule has 0 bridgehead atoms. The van der Waals surface area contributed by atoms with Gasteiger partial charge in [0, 0.05) is 33.4 Å². The first kappa shape index (κ1) is 33.4. The van der Waals surface area contributed by atoms with Crippen LogP contribution in [-0.4, -0.2) is 0 Å². The molecule has 0 radical (unpaired) electrons. The summed E-state index contributed by atoms with van der Waals surface area (Å²) in [5, 5.41) is 2.41. The molecular weight excluding hydrogens is 691 g/mol. The van der Waals surface area contributed by atoms with Gasteiger partial charge in [-0.05, 0) is 129 Å². The Bertz CT molecular complexity index is 2870. The Kier molecular flexibility index (Phi) is 7.69. The summed E-state index contributed by atoms with van der Waals surface area (Å²) in [5.74, 6) is 2.32. The molecule has 0 aromatic heterocycles. The fraction of sp³-hybridized carbons (Fsp3) is 0.0909. The molecular formula is C55H41NO. The SMILES string of the molecule is CC1CC=CC2=C1c1cccc3c(-c4cccc(N(c5ccc(-c6ccccc6)cc5)c5ccc(C6(C)c7ccccc7-c7ccccc76)cc5)c4)ccc(c13)O2. The lowest BCUT2D eigenvalue weighted by Gasteiger charge is -2.30. The summed E-state index contributed by atoms with van der Waals surface area (Å²) >= 11 is 0. The van der Waals surface area contributed by atoms with Crippen LogP contribution < -0.4 is 9.64 Å². The van der Waals surface area contributed by atoms with E-state index in [2.05, 4.69) is 213 Å². The zero-order valence-electron chi connectivity index (χ0n) is 32.1. The summed E-state index contributed by atoms with van der Waals surface area (Å²) in [6, 6.07) is 66.7. The van der Waals surface area contributed by atoms with E-state index < -0.39 is 0 Å². The smallest absolute Gasteiger partial charge is 0.135 e. The number of allylic oxidation sites excluding steroid dienone is 3. The molecule has 1 atom stereocenters. The van der Waals surface area contributed by atoms with Gasteiger partial charge < -0.3 is 9.64 Å². The van der Waals surface area contributed by atoms with E-state index in [-0.39, 0.29) is 5.41 Å². The van der Waals surface area contributed by atoms with E-state index in [4.69, 9.17) is 4.74 Å². The fourth-order valence-electron chi connectivity index (χ4n) is 9.77. The summed E-state index contributed by atoms with van der Waals surface area (Å²) in [6.45, 7) is 4.68. The molecule has 2 aliphatic carbocycles. The zero-order valence-corrected chi connectivity index (χ0v) is 32.1. The second-order valence-electron chi connectivity index (χ2n) is 15.8. The molecule has 1 unspecified atom stereocenters. The summed E-state index contributed by atoms with van der Waals surface area (Å²) < 4.78 is 6.57. The van der Waals surface area contributed by atoms with Crippen LogP contribution in [0.2, 0.25) is 0 Å². The molecule has 0 saturated carbocycles. The molecule has 1 aliphatic heterocycles. The van der Waals surface area contributed by atoms with Crippen LogP contribution in [-0.2, 0) is 5.41 Å². The van der Waals surface area contributed by atoms with Crippen LogP contribution in [0.1, 0.15) is 42.5 Å². The van der Waals surface area contributed by atoms with E-state index in [1.54, 1.807) is 0 Å². The van der Waals surface area contributed by atoms with Gasteiger partial charge in [0.15, 0.2) is 0 Å². The summed E-state index contributed by atoms with van der Waals surface area (Å²) in [4.78, 5) is 2.39. The second kappa shape index (κ2) is 13.1. The van der Waals surface area contributed by atoms with Crippen molar-refractivity contribution in [3.63, 3.8) is 0 Å². The molecule has 1 heterocycles. The van der Waals surface area contributed by atoms with Gasteiger partial charge in [0.1, 0.15) is 11.5 Å². The minimum absolute atomic E-state index is 0.255. The molecule has 2 nitrogen and oxygen atoms in total. The van der Waals surface area contributed by atoms with E-state index in [0.717, 1.165) is 35.0 Å². The molecule has 8 aromatic carbocycles. The first-order valence-corrected chi connectivity index (χ1v) is 20.1. The lowest BCUT2D eigenvalue weighted by atomic mass is 9.74. The third-order valence-corrected chi connectivity index (χ3v) is 12.6. The third kappa shape index (κ3) is 5.25. The van der Waals surface area contributed by atoms with Crippen LogP contribution >= 0.6 is 0 Å². The minimum atomic E-state index is -0.255. The van der Waals surface area contributed by atoms with E-state index >= 15 is 0 Å². The molecule has 0 amide bonds. The number of rotatable bonds is 6. The molecule has 57 heavy (non-hydrogen) atoms. The van der Waals surface area contributed by atoms with E-state index in [9.17, 15) is 0 Å². The van der Waals surface area contributed by atoms with Crippen molar-refractivity contribution in [1.82, 2.24) is 0 Å². The van der Waals surface area contributed by atoms with Crippen molar-refractivity contribution < 1.29 is 4.74 Å². The van der Waals surface area contributed by atoms with Gasteiger partial charge in [0.2, 0.25) is 0 Å². The van der Waals surface area contributed by atoms with Crippen LogP contribution in [0.5, 0.6) is 5.75 Å². The van der Waals surface area contributed by atoms with Crippen LogP contribution in [0, 0.1) is 5.92 Å². The Morgan fingerprint density at radius 2 is 1.14 bits per heavy atom. The first-order chi connectivity index (χ1) is 28.1. The van der Waals surface area contributed by atoms with E-state index in [1.807, 2.05) is 0 Å². The highest BCUT2D eigenvalue weighted by molar-refractivity contribution is 6.08. The number of hydrogen-bond donors (Lipinski definition) is 0. The third-order valence-electron chi connectivity index (χ3n) is 12.6. The fourth-order valence-corrected chi connectivity index (χ4v) is 9.77. The lowest BCUT2D eigenvalue weighted by molar-refractivity contribution is 0.438. The standard InChI is InChI=1S/C55H41NO/c1-36-13-10-24-51-53(36)48-21-12-20-47-44(33-34-52(57-51)54(47)48)39-16-11-17-43(35-39)56(41-29-25-38(26-30-41)37-14-4-3-5-15-37)42-31-27-40(28-32-42)55(2)49-22-8-6-18-45(49)46-19-7-9-23-50(46)55/h3-12,14-36H,13H2,1-2H3. The van der Waals surface area contributed by atoms with Gasteiger partial charge in [-0.3, -0.25) is 0 Å². The van der Waals surface area contributed by atoms with Crippen molar-refractivity contribution in [2.24, 2.45) is 5.92 Å². The van der Waals surface area contributed by atoms with Crippen molar-refractivity contribution in [1.29, 1.82) is 0 Å². The van der Waals surface area contributed by atoms with Gasteiger partial charge in [-0.2, -0.15) is 0 Å². The van der Waals surface area contributed by atoms with Gasteiger partial charge in [-0.25, -0.2) is 0 Å². The van der Waals surface area contributed by atoms with Crippen LogP contribution in [0.25, 0.3) is 49.7 Å². The Balaban J connectivity index is 1.03. The predicted molar refractivity (Wildman–Crippen MR) is 237 cm³/mol. The highest BCUT2D eigenvalue weighted by atomic mass is 16.5. The average molecular weight is 732 g/mol. The number of anilines is 3. The highest BCUT2D eigenvalue weighted by Crippen LogP contribution is 2.53. The zero-order chi connectivity index (χ0) is 38.1. The van der Waals surface area contributed by atoms with Crippen molar-refractivity contribution in [2.45, 2.75) is 25.7 Å². The Labute approximate surface area is 334 Å². The van der Waals surface area contributed by atoms with Crippen LogP contribution in [0.15, 0.2) is 200 Å². The predicted octanol–water partition coefficient (Wildman–Crippen LogP) is 14.7. The second-order valence-corrected chi connectivity index (χ2v) is 15.8. The highest BCUT2D eigenvalue weighted by Gasteiger charge is 2.40. The molecule has 0 fully saturated rings. The quantitative estimate of drug-likeness (QED) is 0.169. The molecule has 272 valence electrons. The minimum Gasteiger partial charge on any atom is -0.456 e. The number of nitrogens with zero attached hydrogens (tertiary/aromatic N) is 1. The molecule has 0 N–H and O–H groups in total. The number of ether oxygens (including phenoxy) is 1. The van der Waals surface area contributed by atoms with Crippen molar-refractivity contribution >= 4 is 33.4 Å². The van der Waals surface area contributed by atoms with Gasteiger partial charge in [-0.15, -0.1) is 0 Å². The monoisotopic (exact) mass is 731 g/mol. The number of benzene rings is 8. The maximum atomic E-state index is 6.57. The molecule has 2 heteroatoms. The van der Waals surface area contributed by atoms with E-state index in [0.29, 0.717) is 5.92 Å². The number of fused-ring (bicyclic) bond motifs is 4. The Morgan fingerprint density at radius 3 is 1.88 bits per heavy atom. The summed E-state index contributed by atoms with van der Waals surface area (Å²) in [7, 11) is 0. The topological polar surface area (TPSA) is 12.5 Å². The maximum absolute atomic E-state index is 6.57. The van der Waals surface area contributed by atoms with Gasteiger partial charge >= 0.3 is 0 Å². The maximum Gasteiger partial charge on any atom is 0.135 e. The molecule has 0 spiro atoms. The van der Waals surface area contributed by atoms with Gasteiger partial charge in [-0.1, -0.05) is 153 Å². The Hall–Kier alpha value is -6.90. The van der Waals surface area contributed by atoms with Crippen LogP contribution in [0.4, 0.5) is 17.1 Å².